The third-order valence-corrected chi connectivity index (χ3v) is 2.83. The van der Waals surface area contributed by atoms with Crippen LogP contribution in [0.2, 0.25) is 0 Å². The highest BCUT2D eigenvalue weighted by atomic mass is 16.3. The number of aliphatic hydroxyl groups excluding tert-OH is 1. The van der Waals surface area contributed by atoms with E-state index in [1.165, 1.54) is 0 Å². The van der Waals surface area contributed by atoms with Gasteiger partial charge in [0, 0.05) is 5.92 Å². The number of primary amides is 1. The van der Waals surface area contributed by atoms with Gasteiger partial charge in [-0.25, -0.2) is 0 Å². The van der Waals surface area contributed by atoms with Gasteiger partial charge in [0.05, 0.1) is 6.07 Å². The van der Waals surface area contributed by atoms with Gasteiger partial charge in [-0.15, -0.1) is 0 Å². The molecule has 20 heavy (non-hydrogen) atoms. The second-order valence-corrected chi connectivity index (χ2v) is 4.54. The molecule has 1 aromatic rings. The second kappa shape index (κ2) is 7.26. The number of hydrogen-bond donors (Lipinski definition) is 3. The number of carbonyl (C=O) groups is 2. The van der Waals surface area contributed by atoms with E-state index in [9.17, 15) is 14.7 Å². The Morgan fingerprint density at radius 1 is 1.40 bits per heavy atom. The number of rotatable bonds is 6. The van der Waals surface area contributed by atoms with Crippen LogP contribution in [0.15, 0.2) is 30.3 Å². The summed E-state index contributed by atoms with van der Waals surface area (Å²) in [4.78, 5) is 23.1. The number of nitrogens with one attached hydrogen (secondary N) is 1. The summed E-state index contributed by atoms with van der Waals surface area (Å²) in [5.74, 6) is -1.88. The molecule has 0 unspecified atom stereocenters. The molecule has 0 aliphatic heterocycles. The Morgan fingerprint density at radius 2 is 2.00 bits per heavy atom. The maximum absolute atomic E-state index is 11.9. The van der Waals surface area contributed by atoms with Crippen LogP contribution in [-0.2, 0) is 9.59 Å². The molecule has 6 nitrogen and oxygen atoms in total. The Hall–Kier alpha value is -2.39. The van der Waals surface area contributed by atoms with Crippen molar-refractivity contribution in [2.75, 3.05) is 0 Å². The largest absolute Gasteiger partial charge is 0.378 e. The van der Waals surface area contributed by atoms with Gasteiger partial charge in [-0.2, -0.15) is 5.26 Å². The van der Waals surface area contributed by atoms with Crippen molar-refractivity contribution < 1.29 is 14.7 Å². The maximum Gasteiger partial charge on any atom is 0.254 e. The number of benzene rings is 1. The highest BCUT2D eigenvalue weighted by Gasteiger charge is 2.25. The van der Waals surface area contributed by atoms with Crippen LogP contribution in [0.5, 0.6) is 0 Å². The molecule has 0 heterocycles. The van der Waals surface area contributed by atoms with Gasteiger partial charge in [0.2, 0.25) is 5.91 Å². The lowest BCUT2D eigenvalue weighted by molar-refractivity contribution is -0.133. The van der Waals surface area contributed by atoms with Gasteiger partial charge < -0.3 is 16.2 Å². The van der Waals surface area contributed by atoms with Gasteiger partial charge in [-0.05, 0) is 18.9 Å². The van der Waals surface area contributed by atoms with Crippen LogP contribution in [-0.4, -0.2) is 23.0 Å². The molecule has 0 saturated heterocycles. The Bertz CT molecular complexity index is 510. The summed E-state index contributed by atoms with van der Waals surface area (Å²) in [7, 11) is 0. The highest BCUT2D eigenvalue weighted by Crippen LogP contribution is 2.13. The van der Waals surface area contributed by atoms with Crippen LogP contribution < -0.4 is 11.1 Å². The van der Waals surface area contributed by atoms with Crippen molar-refractivity contribution >= 4 is 11.8 Å². The summed E-state index contributed by atoms with van der Waals surface area (Å²) in [6, 6.07) is 9.32. The van der Waals surface area contributed by atoms with E-state index in [-0.39, 0.29) is 6.42 Å². The number of amides is 2. The van der Waals surface area contributed by atoms with E-state index in [1.54, 1.807) is 37.3 Å². The Kier molecular flexibility index (Phi) is 5.69. The molecular weight excluding hydrogens is 258 g/mol. The van der Waals surface area contributed by atoms with Crippen LogP contribution in [0.25, 0.3) is 0 Å². The molecule has 0 radical (unpaired) electrons. The number of hydrogen-bond acceptors (Lipinski definition) is 4. The summed E-state index contributed by atoms with van der Waals surface area (Å²) < 4.78 is 0. The Morgan fingerprint density at radius 3 is 2.50 bits per heavy atom. The molecule has 3 atom stereocenters. The van der Waals surface area contributed by atoms with E-state index in [0.29, 0.717) is 5.56 Å². The monoisotopic (exact) mass is 275 g/mol. The van der Waals surface area contributed by atoms with Gasteiger partial charge >= 0.3 is 0 Å². The van der Waals surface area contributed by atoms with Gasteiger partial charge in [-0.1, -0.05) is 30.3 Å². The van der Waals surface area contributed by atoms with Crippen molar-refractivity contribution in [3.63, 3.8) is 0 Å². The average molecular weight is 275 g/mol. The predicted molar refractivity (Wildman–Crippen MR) is 71.9 cm³/mol. The fourth-order valence-electron chi connectivity index (χ4n) is 1.69. The number of aliphatic hydroxyl groups is 1. The van der Waals surface area contributed by atoms with Gasteiger partial charge in [0.15, 0.2) is 6.10 Å². The average Bonchev–Trinajstić information content (AvgIpc) is 2.46. The second-order valence-electron chi connectivity index (χ2n) is 4.54. The first-order valence-electron chi connectivity index (χ1n) is 6.18. The van der Waals surface area contributed by atoms with Gasteiger partial charge in [0.25, 0.3) is 5.91 Å². The third kappa shape index (κ3) is 4.37. The lowest BCUT2D eigenvalue weighted by atomic mass is 10.0. The van der Waals surface area contributed by atoms with Gasteiger partial charge in [-0.3, -0.25) is 9.59 Å². The van der Waals surface area contributed by atoms with Crippen LogP contribution in [0.4, 0.5) is 0 Å². The van der Waals surface area contributed by atoms with Crippen molar-refractivity contribution in [3.05, 3.63) is 35.9 Å². The zero-order valence-corrected chi connectivity index (χ0v) is 11.1. The van der Waals surface area contributed by atoms with Crippen molar-refractivity contribution in [1.29, 1.82) is 5.26 Å². The first-order chi connectivity index (χ1) is 9.45. The SMILES string of the molecule is C[C@H](C#N)C[C@@H](NC(=O)[C@@H](O)c1ccccc1)C(N)=O. The number of nitrogens with two attached hydrogens (primary N) is 1. The molecule has 6 heteroatoms. The number of nitrogens with zero attached hydrogens (tertiary/aromatic N) is 1. The van der Waals surface area contributed by atoms with E-state index in [4.69, 9.17) is 11.0 Å². The molecule has 0 fully saturated rings. The quantitative estimate of drug-likeness (QED) is 0.689. The number of carbonyl (C=O) groups excluding carboxylic acids is 2. The van der Waals surface area contributed by atoms with Crippen LogP contribution in [0, 0.1) is 17.2 Å². The zero-order chi connectivity index (χ0) is 15.1. The lowest BCUT2D eigenvalue weighted by Crippen LogP contribution is -2.46. The summed E-state index contributed by atoms with van der Waals surface area (Å²) >= 11 is 0. The first kappa shape index (κ1) is 15.7. The molecule has 1 rings (SSSR count). The van der Waals surface area contributed by atoms with Crippen molar-refractivity contribution in [3.8, 4) is 6.07 Å². The lowest BCUT2D eigenvalue weighted by Gasteiger charge is -2.19. The van der Waals surface area contributed by atoms with Crippen LogP contribution >= 0.6 is 0 Å². The van der Waals surface area contributed by atoms with E-state index >= 15 is 0 Å². The Balaban J connectivity index is 2.72. The van der Waals surface area contributed by atoms with Crippen molar-refractivity contribution in [2.45, 2.75) is 25.5 Å². The molecule has 0 saturated carbocycles. The fraction of sp³-hybridized carbons (Fsp3) is 0.357. The molecule has 0 bridgehead atoms. The maximum atomic E-state index is 11.9. The molecule has 4 N–H and O–H groups in total. The molecule has 0 aliphatic carbocycles. The summed E-state index contributed by atoms with van der Waals surface area (Å²) in [6.07, 6.45) is -1.27. The summed E-state index contributed by atoms with van der Waals surface area (Å²) in [5.41, 5.74) is 5.60. The first-order valence-corrected chi connectivity index (χ1v) is 6.18. The molecule has 1 aromatic carbocycles. The van der Waals surface area contributed by atoms with Crippen molar-refractivity contribution in [2.24, 2.45) is 11.7 Å². The molecule has 0 aromatic heterocycles. The molecule has 106 valence electrons. The summed E-state index contributed by atoms with van der Waals surface area (Å²) in [5, 5.41) is 21.0. The topological polar surface area (TPSA) is 116 Å². The normalized spacial score (nSPS) is 14.7. The number of nitriles is 1. The minimum atomic E-state index is -1.38. The van der Waals surface area contributed by atoms with Crippen molar-refractivity contribution in [1.82, 2.24) is 5.32 Å². The smallest absolute Gasteiger partial charge is 0.254 e. The summed E-state index contributed by atoms with van der Waals surface area (Å²) in [6.45, 7) is 1.62. The molecule has 0 aliphatic rings. The molecule has 2 amide bonds. The predicted octanol–water partition coefficient (Wildman–Crippen LogP) is 0.240. The fourth-order valence-corrected chi connectivity index (χ4v) is 1.69. The molecular formula is C14H17N3O3. The minimum absolute atomic E-state index is 0.110. The van der Waals surface area contributed by atoms with Crippen LogP contribution in [0.1, 0.15) is 25.0 Å². The Labute approximate surface area is 117 Å². The standard InChI is InChI=1S/C14H17N3O3/c1-9(8-15)7-11(13(16)19)17-14(20)12(18)10-5-3-2-4-6-10/h2-6,9,11-12,18H,7H2,1H3,(H2,16,19)(H,17,20)/t9-,11+,12-/m0/s1. The van der Waals surface area contributed by atoms with Gasteiger partial charge in [0.1, 0.15) is 6.04 Å². The molecule has 0 spiro atoms. The van der Waals surface area contributed by atoms with Crippen LogP contribution in [0.3, 0.4) is 0 Å². The van der Waals surface area contributed by atoms with E-state index in [1.807, 2.05) is 6.07 Å². The minimum Gasteiger partial charge on any atom is -0.378 e. The van der Waals surface area contributed by atoms with E-state index < -0.39 is 29.9 Å². The highest BCUT2D eigenvalue weighted by molar-refractivity contribution is 5.89. The zero-order valence-electron chi connectivity index (χ0n) is 11.1. The third-order valence-electron chi connectivity index (χ3n) is 2.83. The van der Waals surface area contributed by atoms with E-state index in [2.05, 4.69) is 5.32 Å². The van der Waals surface area contributed by atoms with E-state index in [0.717, 1.165) is 0 Å².